The van der Waals surface area contributed by atoms with Gasteiger partial charge in [-0.2, -0.15) is 0 Å². The van der Waals surface area contributed by atoms with E-state index in [-0.39, 0.29) is 18.9 Å². The Morgan fingerprint density at radius 2 is 2.00 bits per heavy atom. The summed E-state index contributed by atoms with van der Waals surface area (Å²) in [6.45, 7) is 4.09. The summed E-state index contributed by atoms with van der Waals surface area (Å²) in [5, 5.41) is 22.9. The van der Waals surface area contributed by atoms with Crippen molar-refractivity contribution in [3.05, 3.63) is 0 Å². The number of hydrogen-bond donors (Lipinski definition) is 4. The molecule has 0 aliphatic heterocycles. The molecular formula is C9H18N2O4. The minimum atomic E-state index is -1.06. The number of likely N-dealkylation sites (N-methyl/N-ethyl adjacent to an activating group) is 1. The zero-order valence-corrected chi connectivity index (χ0v) is 8.99. The van der Waals surface area contributed by atoms with Crippen molar-refractivity contribution >= 4 is 11.9 Å². The Morgan fingerprint density at radius 1 is 1.40 bits per heavy atom. The van der Waals surface area contributed by atoms with Crippen LogP contribution in [-0.2, 0) is 9.59 Å². The van der Waals surface area contributed by atoms with Gasteiger partial charge in [0.15, 0.2) is 0 Å². The lowest BCUT2D eigenvalue weighted by Crippen LogP contribution is -2.44. The van der Waals surface area contributed by atoms with Crippen molar-refractivity contribution in [2.24, 2.45) is 0 Å². The standard InChI is InChI=1S/C9H18N2O4/c1-3-10-9(15)6(2)11-5-7(12)4-8(13)14/h6-7,11-12H,3-5H2,1-2H3,(H,10,15)(H,13,14). The average Bonchev–Trinajstić information content (AvgIpc) is 2.13. The molecule has 0 radical (unpaired) electrons. The third-order valence-corrected chi connectivity index (χ3v) is 1.81. The van der Waals surface area contributed by atoms with Gasteiger partial charge in [0.2, 0.25) is 5.91 Å². The Kier molecular flexibility index (Phi) is 6.64. The summed E-state index contributed by atoms with van der Waals surface area (Å²) in [5.74, 6) is -1.23. The van der Waals surface area contributed by atoms with Crippen molar-refractivity contribution in [1.29, 1.82) is 0 Å². The van der Waals surface area contributed by atoms with Crippen molar-refractivity contribution in [3.63, 3.8) is 0 Å². The second-order valence-corrected chi connectivity index (χ2v) is 3.28. The molecule has 0 heterocycles. The maximum atomic E-state index is 11.2. The minimum Gasteiger partial charge on any atom is -0.481 e. The van der Waals surface area contributed by atoms with E-state index in [9.17, 15) is 14.7 Å². The van der Waals surface area contributed by atoms with Crippen LogP contribution >= 0.6 is 0 Å². The van der Waals surface area contributed by atoms with E-state index in [1.807, 2.05) is 6.92 Å². The van der Waals surface area contributed by atoms with Gasteiger partial charge in [0.05, 0.1) is 18.6 Å². The highest BCUT2D eigenvalue weighted by atomic mass is 16.4. The summed E-state index contributed by atoms with van der Waals surface area (Å²) in [5.41, 5.74) is 0. The van der Waals surface area contributed by atoms with Gasteiger partial charge in [-0.15, -0.1) is 0 Å². The smallest absolute Gasteiger partial charge is 0.306 e. The van der Waals surface area contributed by atoms with E-state index >= 15 is 0 Å². The Labute approximate surface area is 88.7 Å². The molecule has 0 rings (SSSR count). The fraction of sp³-hybridized carbons (Fsp3) is 0.778. The molecule has 6 nitrogen and oxygen atoms in total. The van der Waals surface area contributed by atoms with Gasteiger partial charge in [-0.25, -0.2) is 0 Å². The van der Waals surface area contributed by atoms with Gasteiger partial charge in [0.1, 0.15) is 0 Å². The maximum Gasteiger partial charge on any atom is 0.306 e. The quantitative estimate of drug-likeness (QED) is 0.436. The highest BCUT2D eigenvalue weighted by Crippen LogP contribution is 1.91. The molecule has 0 bridgehead atoms. The highest BCUT2D eigenvalue weighted by Gasteiger charge is 2.14. The van der Waals surface area contributed by atoms with Gasteiger partial charge in [0, 0.05) is 13.1 Å². The Bertz CT molecular complexity index is 220. The van der Waals surface area contributed by atoms with Crippen LogP contribution in [0.2, 0.25) is 0 Å². The molecule has 15 heavy (non-hydrogen) atoms. The lowest BCUT2D eigenvalue weighted by atomic mass is 10.2. The molecule has 0 aliphatic carbocycles. The molecule has 0 fully saturated rings. The first kappa shape index (κ1) is 13.9. The van der Waals surface area contributed by atoms with Crippen LogP contribution in [0.5, 0.6) is 0 Å². The van der Waals surface area contributed by atoms with Crippen LogP contribution in [0, 0.1) is 0 Å². The van der Waals surface area contributed by atoms with Gasteiger partial charge >= 0.3 is 5.97 Å². The average molecular weight is 218 g/mol. The molecule has 2 atom stereocenters. The molecule has 0 saturated carbocycles. The van der Waals surface area contributed by atoms with E-state index in [0.717, 1.165) is 0 Å². The first-order chi connectivity index (χ1) is 6.97. The first-order valence-corrected chi connectivity index (χ1v) is 4.88. The Balaban J connectivity index is 3.74. The van der Waals surface area contributed by atoms with Crippen LogP contribution in [0.15, 0.2) is 0 Å². The Hall–Kier alpha value is -1.14. The molecule has 0 aliphatic rings. The second kappa shape index (κ2) is 7.19. The summed E-state index contributed by atoms with van der Waals surface area (Å²) in [6, 6.07) is -0.437. The molecule has 4 N–H and O–H groups in total. The predicted molar refractivity (Wildman–Crippen MR) is 54.4 cm³/mol. The number of aliphatic hydroxyl groups excluding tert-OH is 1. The van der Waals surface area contributed by atoms with E-state index in [2.05, 4.69) is 10.6 Å². The van der Waals surface area contributed by atoms with E-state index in [4.69, 9.17) is 5.11 Å². The molecule has 6 heteroatoms. The SMILES string of the molecule is CCNC(=O)C(C)NCC(O)CC(=O)O. The molecule has 1 amide bonds. The topological polar surface area (TPSA) is 98.7 Å². The van der Waals surface area contributed by atoms with Crippen LogP contribution < -0.4 is 10.6 Å². The lowest BCUT2D eigenvalue weighted by molar-refractivity contribution is -0.139. The minimum absolute atomic E-state index is 0.0879. The van der Waals surface area contributed by atoms with Gasteiger partial charge in [-0.1, -0.05) is 0 Å². The largest absolute Gasteiger partial charge is 0.481 e. The van der Waals surface area contributed by atoms with Gasteiger partial charge in [-0.05, 0) is 13.8 Å². The van der Waals surface area contributed by atoms with Gasteiger partial charge in [-0.3, -0.25) is 9.59 Å². The Morgan fingerprint density at radius 3 is 2.47 bits per heavy atom. The van der Waals surface area contributed by atoms with Crippen molar-refractivity contribution in [1.82, 2.24) is 10.6 Å². The second-order valence-electron chi connectivity index (χ2n) is 3.28. The number of hydrogen-bond acceptors (Lipinski definition) is 4. The number of aliphatic carboxylic acids is 1. The normalized spacial score (nSPS) is 14.3. The number of nitrogens with one attached hydrogen (secondary N) is 2. The fourth-order valence-electron chi connectivity index (χ4n) is 1.01. The van der Waals surface area contributed by atoms with Crippen LogP contribution in [-0.4, -0.2) is 47.3 Å². The molecule has 0 spiro atoms. The van der Waals surface area contributed by atoms with Crippen LogP contribution in [0.4, 0.5) is 0 Å². The molecule has 88 valence electrons. The van der Waals surface area contributed by atoms with E-state index in [0.29, 0.717) is 6.54 Å². The maximum absolute atomic E-state index is 11.2. The fourth-order valence-corrected chi connectivity index (χ4v) is 1.01. The van der Waals surface area contributed by atoms with Crippen LogP contribution in [0.3, 0.4) is 0 Å². The number of carbonyl (C=O) groups excluding carboxylic acids is 1. The zero-order valence-electron chi connectivity index (χ0n) is 8.99. The van der Waals surface area contributed by atoms with Crippen molar-refractivity contribution in [2.75, 3.05) is 13.1 Å². The summed E-state index contributed by atoms with van der Waals surface area (Å²) in [6.07, 6.45) is -1.30. The summed E-state index contributed by atoms with van der Waals surface area (Å²) < 4.78 is 0. The zero-order chi connectivity index (χ0) is 11.8. The molecule has 0 saturated heterocycles. The number of carboxylic acids is 1. The van der Waals surface area contributed by atoms with Crippen LogP contribution in [0.25, 0.3) is 0 Å². The number of carboxylic acid groups (broad SMARTS) is 1. The monoisotopic (exact) mass is 218 g/mol. The highest BCUT2D eigenvalue weighted by molar-refractivity contribution is 5.81. The number of aliphatic hydroxyl groups is 1. The lowest BCUT2D eigenvalue weighted by Gasteiger charge is -2.15. The number of amides is 1. The summed E-state index contributed by atoms with van der Waals surface area (Å²) in [7, 11) is 0. The molecular weight excluding hydrogens is 200 g/mol. The third kappa shape index (κ3) is 6.87. The molecule has 0 aromatic rings. The van der Waals surface area contributed by atoms with Crippen molar-refractivity contribution in [3.8, 4) is 0 Å². The predicted octanol–water partition coefficient (Wildman–Crippen LogP) is -1.06. The van der Waals surface area contributed by atoms with E-state index < -0.39 is 18.1 Å². The number of rotatable bonds is 7. The summed E-state index contributed by atoms with van der Waals surface area (Å²) in [4.78, 5) is 21.4. The van der Waals surface area contributed by atoms with Crippen molar-refractivity contribution < 1.29 is 19.8 Å². The third-order valence-electron chi connectivity index (χ3n) is 1.81. The van der Waals surface area contributed by atoms with Crippen LogP contribution in [0.1, 0.15) is 20.3 Å². The molecule has 2 unspecified atom stereocenters. The van der Waals surface area contributed by atoms with Crippen molar-refractivity contribution in [2.45, 2.75) is 32.4 Å². The van der Waals surface area contributed by atoms with Gasteiger partial charge < -0.3 is 20.8 Å². The summed E-state index contributed by atoms with van der Waals surface area (Å²) >= 11 is 0. The van der Waals surface area contributed by atoms with Gasteiger partial charge in [0.25, 0.3) is 0 Å². The van der Waals surface area contributed by atoms with E-state index in [1.165, 1.54) is 0 Å². The first-order valence-electron chi connectivity index (χ1n) is 4.88. The molecule has 0 aromatic carbocycles. The molecule has 0 aromatic heterocycles. The number of carbonyl (C=O) groups is 2. The van der Waals surface area contributed by atoms with E-state index in [1.54, 1.807) is 6.92 Å².